The van der Waals surface area contributed by atoms with E-state index in [2.05, 4.69) is 38.9 Å². The third-order valence-electron chi connectivity index (χ3n) is 3.05. The summed E-state index contributed by atoms with van der Waals surface area (Å²) in [4.78, 5) is 8.73. The van der Waals surface area contributed by atoms with Crippen LogP contribution in [0.1, 0.15) is 17.3 Å². The van der Waals surface area contributed by atoms with Gasteiger partial charge >= 0.3 is 0 Å². The van der Waals surface area contributed by atoms with Gasteiger partial charge in [0.25, 0.3) is 0 Å². The van der Waals surface area contributed by atoms with Gasteiger partial charge in [0.15, 0.2) is 0 Å². The first-order chi connectivity index (χ1) is 8.90. The largest absolute Gasteiger partial charge is 0.308 e. The summed E-state index contributed by atoms with van der Waals surface area (Å²) >= 11 is 1.61. The van der Waals surface area contributed by atoms with Gasteiger partial charge in [-0.05, 0) is 12.4 Å². The normalized spacial score (nSPS) is 12.7. The average molecular weight is 255 g/mol. The number of aromatic nitrogens is 2. The van der Waals surface area contributed by atoms with E-state index in [1.165, 1.54) is 10.9 Å². The fourth-order valence-electron chi connectivity index (χ4n) is 2.20. The Balaban J connectivity index is 2.18. The van der Waals surface area contributed by atoms with Gasteiger partial charge in [0.05, 0.1) is 17.2 Å². The molecular formula is C14H13N3S. The van der Waals surface area contributed by atoms with Crippen molar-refractivity contribution in [2.75, 3.05) is 7.05 Å². The molecule has 1 atom stereocenters. The lowest BCUT2D eigenvalue weighted by atomic mass is 10.00. The van der Waals surface area contributed by atoms with Crippen molar-refractivity contribution in [3.05, 3.63) is 58.8 Å². The molecule has 0 saturated heterocycles. The van der Waals surface area contributed by atoms with Gasteiger partial charge < -0.3 is 5.32 Å². The highest BCUT2D eigenvalue weighted by atomic mass is 32.1. The smallest absolute Gasteiger partial charge is 0.0795 e. The van der Waals surface area contributed by atoms with Gasteiger partial charge in [-0.2, -0.15) is 0 Å². The Labute approximate surface area is 110 Å². The Bertz CT molecular complexity index is 644. The Hall–Kier alpha value is -1.78. The molecule has 1 N–H and O–H groups in total. The molecule has 3 aromatic rings. The third-order valence-corrected chi connectivity index (χ3v) is 3.65. The van der Waals surface area contributed by atoms with Gasteiger partial charge in [-0.3, -0.25) is 4.98 Å². The van der Waals surface area contributed by atoms with E-state index in [0.29, 0.717) is 0 Å². The van der Waals surface area contributed by atoms with Gasteiger partial charge in [0.2, 0.25) is 0 Å². The van der Waals surface area contributed by atoms with Gasteiger partial charge in [0.1, 0.15) is 0 Å². The molecule has 1 unspecified atom stereocenters. The Kier molecular flexibility index (Phi) is 3.04. The predicted octanol–water partition coefficient (Wildman–Crippen LogP) is 3.00. The monoisotopic (exact) mass is 255 g/mol. The van der Waals surface area contributed by atoms with E-state index in [-0.39, 0.29) is 6.04 Å². The van der Waals surface area contributed by atoms with Crippen molar-refractivity contribution in [2.45, 2.75) is 6.04 Å². The molecule has 0 spiro atoms. The SMILES string of the molecule is CNC(c1cscn1)c1cncc2ccccc12. The van der Waals surface area contributed by atoms with E-state index >= 15 is 0 Å². The zero-order chi connectivity index (χ0) is 12.4. The average Bonchev–Trinajstić information content (AvgIpc) is 2.94. The summed E-state index contributed by atoms with van der Waals surface area (Å²) in [6.45, 7) is 0. The molecule has 0 amide bonds. The summed E-state index contributed by atoms with van der Waals surface area (Å²) in [6.07, 6.45) is 3.81. The lowest BCUT2D eigenvalue weighted by molar-refractivity contribution is 0.678. The van der Waals surface area contributed by atoms with Crippen LogP contribution in [-0.2, 0) is 0 Å². The van der Waals surface area contributed by atoms with Gasteiger partial charge in [-0.1, -0.05) is 24.3 Å². The van der Waals surface area contributed by atoms with Crippen LogP contribution < -0.4 is 5.32 Å². The quantitative estimate of drug-likeness (QED) is 0.781. The molecule has 0 aliphatic rings. The van der Waals surface area contributed by atoms with Crippen LogP contribution in [0.3, 0.4) is 0 Å². The highest BCUT2D eigenvalue weighted by Gasteiger charge is 2.16. The highest BCUT2D eigenvalue weighted by molar-refractivity contribution is 7.07. The maximum Gasteiger partial charge on any atom is 0.0795 e. The Morgan fingerprint density at radius 2 is 2.11 bits per heavy atom. The summed E-state index contributed by atoms with van der Waals surface area (Å²) in [7, 11) is 1.95. The summed E-state index contributed by atoms with van der Waals surface area (Å²) in [5.41, 5.74) is 4.07. The van der Waals surface area contributed by atoms with Crippen molar-refractivity contribution in [1.29, 1.82) is 0 Å². The van der Waals surface area contributed by atoms with Gasteiger partial charge in [-0.15, -0.1) is 11.3 Å². The van der Waals surface area contributed by atoms with E-state index in [9.17, 15) is 0 Å². The number of benzene rings is 1. The first-order valence-electron chi connectivity index (χ1n) is 5.78. The highest BCUT2D eigenvalue weighted by Crippen LogP contribution is 2.27. The van der Waals surface area contributed by atoms with E-state index in [0.717, 1.165) is 11.1 Å². The van der Waals surface area contributed by atoms with Crippen molar-refractivity contribution in [2.24, 2.45) is 0 Å². The molecule has 0 aliphatic heterocycles. The zero-order valence-corrected chi connectivity index (χ0v) is 10.8. The number of hydrogen-bond acceptors (Lipinski definition) is 4. The molecule has 2 heterocycles. The van der Waals surface area contributed by atoms with Crippen molar-refractivity contribution in [3.8, 4) is 0 Å². The van der Waals surface area contributed by atoms with Crippen LogP contribution in [0.2, 0.25) is 0 Å². The summed E-state index contributed by atoms with van der Waals surface area (Å²) < 4.78 is 0. The van der Waals surface area contributed by atoms with Gasteiger partial charge in [-0.25, -0.2) is 4.98 Å². The van der Waals surface area contributed by atoms with Crippen LogP contribution in [-0.4, -0.2) is 17.0 Å². The van der Waals surface area contributed by atoms with E-state index in [4.69, 9.17) is 0 Å². The maximum atomic E-state index is 4.40. The molecule has 0 bridgehead atoms. The van der Waals surface area contributed by atoms with E-state index in [1.807, 2.05) is 31.0 Å². The Morgan fingerprint density at radius 3 is 2.89 bits per heavy atom. The Morgan fingerprint density at radius 1 is 1.22 bits per heavy atom. The molecule has 0 aliphatic carbocycles. The van der Waals surface area contributed by atoms with Crippen LogP contribution >= 0.6 is 11.3 Å². The first-order valence-corrected chi connectivity index (χ1v) is 6.72. The van der Waals surface area contributed by atoms with Crippen LogP contribution in [0, 0.1) is 0 Å². The molecule has 3 nitrogen and oxygen atoms in total. The number of nitrogens with one attached hydrogen (secondary N) is 1. The minimum atomic E-state index is 0.0925. The molecule has 18 heavy (non-hydrogen) atoms. The van der Waals surface area contributed by atoms with E-state index in [1.54, 1.807) is 11.3 Å². The minimum Gasteiger partial charge on any atom is -0.308 e. The molecule has 3 rings (SSSR count). The lowest BCUT2D eigenvalue weighted by Gasteiger charge is -2.16. The minimum absolute atomic E-state index is 0.0925. The maximum absolute atomic E-state index is 4.40. The molecule has 4 heteroatoms. The first kappa shape index (κ1) is 11.3. The number of hydrogen-bond donors (Lipinski definition) is 1. The summed E-state index contributed by atoms with van der Waals surface area (Å²) in [5.74, 6) is 0. The zero-order valence-electron chi connectivity index (χ0n) is 10.00. The number of thiazole rings is 1. The van der Waals surface area contributed by atoms with Crippen LogP contribution in [0.15, 0.2) is 47.5 Å². The van der Waals surface area contributed by atoms with Crippen molar-refractivity contribution in [1.82, 2.24) is 15.3 Å². The number of fused-ring (bicyclic) bond motifs is 1. The summed E-state index contributed by atoms with van der Waals surface area (Å²) in [6, 6.07) is 8.39. The fraction of sp³-hybridized carbons (Fsp3) is 0.143. The molecule has 0 fully saturated rings. The van der Waals surface area contributed by atoms with Crippen LogP contribution in [0.25, 0.3) is 10.8 Å². The second kappa shape index (κ2) is 4.84. The number of nitrogens with zero attached hydrogens (tertiary/aromatic N) is 2. The van der Waals surface area contributed by atoms with Gasteiger partial charge in [0, 0.05) is 28.7 Å². The summed E-state index contributed by atoms with van der Waals surface area (Å²) in [5, 5.41) is 7.77. The topological polar surface area (TPSA) is 37.8 Å². The van der Waals surface area contributed by atoms with Crippen molar-refractivity contribution >= 4 is 22.1 Å². The fourth-order valence-corrected chi connectivity index (χ4v) is 2.78. The molecule has 2 aromatic heterocycles. The molecular weight excluding hydrogens is 242 g/mol. The molecule has 1 aromatic carbocycles. The molecule has 0 radical (unpaired) electrons. The molecule has 0 saturated carbocycles. The van der Waals surface area contributed by atoms with Crippen molar-refractivity contribution in [3.63, 3.8) is 0 Å². The van der Waals surface area contributed by atoms with Crippen LogP contribution in [0.5, 0.6) is 0 Å². The van der Waals surface area contributed by atoms with E-state index < -0.39 is 0 Å². The standard InChI is InChI=1S/C14H13N3S/c1-15-14(13-8-18-9-17-13)12-7-16-6-10-4-2-3-5-11(10)12/h2-9,14-15H,1H3. The third kappa shape index (κ3) is 1.89. The van der Waals surface area contributed by atoms with Crippen LogP contribution in [0.4, 0.5) is 0 Å². The second-order valence-corrected chi connectivity index (χ2v) is 4.80. The number of rotatable bonds is 3. The lowest BCUT2D eigenvalue weighted by Crippen LogP contribution is -2.18. The molecule has 90 valence electrons. The predicted molar refractivity (Wildman–Crippen MR) is 74.8 cm³/mol. The number of pyridine rings is 1. The van der Waals surface area contributed by atoms with Crippen molar-refractivity contribution < 1.29 is 0 Å². The second-order valence-electron chi connectivity index (χ2n) is 4.08.